The summed E-state index contributed by atoms with van der Waals surface area (Å²) in [7, 11) is 0. The third kappa shape index (κ3) is 2.06. The fourth-order valence-electron chi connectivity index (χ4n) is 1.55. The number of hydrogen-bond donors (Lipinski definition) is 0. The summed E-state index contributed by atoms with van der Waals surface area (Å²) in [5, 5.41) is 1.46. The number of unbranched alkanes of at least 4 members (excludes halogenated alkanes) is 1. The molecule has 0 saturated carbocycles. The van der Waals surface area contributed by atoms with Gasteiger partial charge in [-0.15, -0.1) is 0 Å². The van der Waals surface area contributed by atoms with Crippen molar-refractivity contribution in [2.75, 3.05) is 0 Å². The number of nitrogens with zero attached hydrogens (tertiary/aromatic N) is 1. The fraction of sp³-hybridized carbons (Fsp3) is 0.333. The minimum atomic E-state index is -0.285. The molecule has 0 radical (unpaired) electrons. The van der Waals surface area contributed by atoms with Crippen LogP contribution in [0.4, 0.5) is 0 Å². The van der Waals surface area contributed by atoms with Gasteiger partial charge in [0.25, 0.3) is 0 Å². The number of aryl methyl sites for hydroxylation is 1. The van der Waals surface area contributed by atoms with Crippen LogP contribution < -0.4 is 5.63 Å². The summed E-state index contributed by atoms with van der Waals surface area (Å²) in [6.45, 7) is 2.11. The first kappa shape index (κ1) is 9.90. The molecule has 0 aliphatic heterocycles. The summed E-state index contributed by atoms with van der Waals surface area (Å²) in [5.74, 6) is 0.764. The van der Waals surface area contributed by atoms with E-state index in [1.54, 1.807) is 12.4 Å². The number of hydrogen-bond acceptors (Lipinski definition) is 3. The summed E-state index contributed by atoms with van der Waals surface area (Å²) in [4.78, 5) is 15.5. The van der Waals surface area contributed by atoms with E-state index in [1.807, 2.05) is 12.1 Å². The average Bonchev–Trinajstić information content (AvgIpc) is 2.26. The first-order chi connectivity index (χ1) is 7.31. The second-order valence-corrected chi connectivity index (χ2v) is 3.57. The highest BCUT2D eigenvalue weighted by Gasteiger charge is 2.03. The topological polar surface area (TPSA) is 43.1 Å². The molecule has 0 fully saturated rings. The molecule has 2 aromatic heterocycles. The van der Waals surface area contributed by atoms with Crippen LogP contribution in [0.15, 0.2) is 33.7 Å². The van der Waals surface area contributed by atoms with Gasteiger partial charge in [0.15, 0.2) is 0 Å². The Labute approximate surface area is 87.8 Å². The third-order valence-electron chi connectivity index (χ3n) is 2.39. The molecular formula is C12H13NO2. The first-order valence-corrected chi connectivity index (χ1v) is 5.18. The Morgan fingerprint density at radius 1 is 1.47 bits per heavy atom. The van der Waals surface area contributed by atoms with Crippen LogP contribution in [0.5, 0.6) is 0 Å². The molecule has 15 heavy (non-hydrogen) atoms. The van der Waals surface area contributed by atoms with Gasteiger partial charge in [-0.25, -0.2) is 4.79 Å². The Hall–Kier alpha value is -1.64. The van der Waals surface area contributed by atoms with Gasteiger partial charge in [-0.2, -0.15) is 0 Å². The number of pyridine rings is 1. The Kier molecular flexibility index (Phi) is 2.81. The van der Waals surface area contributed by atoms with E-state index in [1.165, 1.54) is 0 Å². The predicted molar refractivity (Wildman–Crippen MR) is 58.9 cm³/mol. The Balaban J connectivity index is 2.48. The van der Waals surface area contributed by atoms with E-state index in [0.29, 0.717) is 5.39 Å². The second kappa shape index (κ2) is 4.26. The predicted octanol–water partition coefficient (Wildman–Crippen LogP) is 2.53. The molecule has 0 bridgehead atoms. The van der Waals surface area contributed by atoms with Crippen LogP contribution in [-0.4, -0.2) is 4.98 Å². The smallest absolute Gasteiger partial charge is 0.345 e. The molecule has 0 amide bonds. The number of rotatable bonds is 3. The molecule has 0 N–H and O–H groups in total. The molecule has 78 valence electrons. The lowest BCUT2D eigenvalue weighted by Crippen LogP contribution is -2.02. The van der Waals surface area contributed by atoms with Crippen LogP contribution in [0.25, 0.3) is 10.8 Å². The van der Waals surface area contributed by atoms with Crippen molar-refractivity contribution in [2.24, 2.45) is 0 Å². The summed E-state index contributed by atoms with van der Waals surface area (Å²) >= 11 is 0. The molecule has 0 aliphatic carbocycles. The quantitative estimate of drug-likeness (QED) is 0.769. The Bertz CT molecular complexity index is 516. The van der Waals surface area contributed by atoms with E-state index in [-0.39, 0.29) is 5.63 Å². The highest BCUT2D eigenvalue weighted by Crippen LogP contribution is 2.12. The molecular weight excluding hydrogens is 190 g/mol. The van der Waals surface area contributed by atoms with Crippen LogP contribution >= 0.6 is 0 Å². The van der Waals surface area contributed by atoms with Crippen LogP contribution in [0, 0.1) is 0 Å². The highest BCUT2D eigenvalue weighted by molar-refractivity contribution is 5.79. The van der Waals surface area contributed by atoms with E-state index in [2.05, 4.69) is 11.9 Å². The van der Waals surface area contributed by atoms with E-state index in [9.17, 15) is 4.79 Å². The second-order valence-electron chi connectivity index (χ2n) is 3.57. The largest absolute Gasteiger partial charge is 0.427 e. The number of aromatic nitrogens is 1. The van der Waals surface area contributed by atoms with Gasteiger partial charge in [0.2, 0.25) is 0 Å². The summed E-state index contributed by atoms with van der Waals surface area (Å²) in [6, 6.07) is 3.76. The molecule has 2 rings (SSSR count). The lowest BCUT2D eigenvalue weighted by Gasteiger charge is -2.00. The van der Waals surface area contributed by atoms with Crippen LogP contribution in [0.3, 0.4) is 0 Å². The molecule has 3 nitrogen and oxygen atoms in total. The van der Waals surface area contributed by atoms with Crippen molar-refractivity contribution in [3.05, 3.63) is 40.7 Å². The molecule has 2 heterocycles. The average molecular weight is 203 g/mol. The highest BCUT2D eigenvalue weighted by atomic mass is 16.4. The van der Waals surface area contributed by atoms with Crippen molar-refractivity contribution >= 4 is 10.8 Å². The van der Waals surface area contributed by atoms with Gasteiger partial charge in [0.05, 0.1) is 5.39 Å². The van der Waals surface area contributed by atoms with E-state index in [0.717, 1.165) is 30.4 Å². The molecule has 3 heteroatoms. The van der Waals surface area contributed by atoms with Crippen molar-refractivity contribution in [2.45, 2.75) is 26.2 Å². The van der Waals surface area contributed by atoms with Gasteiger partial charge in [-0.3, -0.25) is 4.98 Å². The molecule has 0 aliphatic rings. The molecule has 0 unspecified atom stereocenters. The lowest BCUT2D eigenvalue weighted by molar-refractivity contribution is 0.460. The van der Waals surface area contributed by atoms with Crippen molar-refractivity contribution in [1.29, 1.82) is 0 Å². The normalized spacial score (nSPS) is 10.7. The third-order valence-corrected chi connectivity index (χ3v) is 2.39. The van der Waals surface area contributed by atoms with E-state index < -0.39 is 0 Å². The Morgan fingerprint density at radius 3 is 3.13 bits per heavy atom. The molecule has 2 aromatic rings. The molecule has 0 spiro atoms. The van der Waals surface area contributed by atoms with Gasteiger partial charge in [0.1, 0.15) is 5.76 Å². The van der Waals surface area contributed by atoms with Crippen molar-refractivity contribution < 1.29 is 4.42 Å². The van der Waals surface area contributed by atoms with Crippen LogP contribution in [0.2, 0.25) is 0 Å². The van der Waals surface area contributed by atoms with Gasteiger partial charge >= 0.3 is 5.63 Å². The van der Waals surface area contributed by atoms with Gasteiger partial charge in [-0.1, -0.05) is 13.3 Å². The monoisotopic (exact) mass is 203 g/mol. The lowest BCUT2D eigenvalue weighted by atomic mass is 10.1. The van der Waals surface area contributed by atoms with Crippen molar-refractivity contribution in [3.63, 3.8) is 0 Å². The minimum absolute atomic E-state index is 0.285. The van der Waals surface area contributed by atoms with Crippen molar-refractivity contribution in [3.8, 4) is 0 Å². The number of fused-ring (bicyclic) bond motifs is 1. The SMILES string of the molecule is CCCCc1cc2ccncc2c(=O)o1. The maximum absolute atomic E-state index is 11.6. The van der Waals surface area contributed by atoms with E-state index >= 15 is 0 Å². The van der Waals surface area contributed by atoms with E-state index in [4.69, 9.17) is 4.42 Å². The van der Waals surface area contributed by atoms with Gasteiger partial charge in [-0.05, 0) is 23.9 Å². The fourth-order valence-corrected chi connectivity index (χ4v) is 1.55. The zero-order valence-electron chi connectivity index (χ0n) is 8.69. The first-order valence-electron chi connectivity index (χ1n) is 5.18. The van der Waals surface area contributed by atoms with Crippen LogP contribution in [-0.2, 0) is 6.42 Å². The molecule has 0 saturated heterocycles. The Morgan fingerprint density at radius 2 is 2.33 bits per heavy atom. The minimum Gasteiger partial charge on any atom is -0.427 e. The van der Waals surface area contributed by atoms with Crippen molar-refractivity contribution in [1.82, 2.24) is 4.98 Å². The van der Waals surface area contributed by atoms with Gasteiger partial charge in [0, 0.05) is 18.8 Å². The van der Waals surface area contributed by atoms with Gasteiger partial charge < -0.3 is 4.42 Å². The maximum atomic E-state index is 11.6. The summed E-state index contributed by atoms with van der Waals surface area (Å²) < 4.78 is 5.20. The zero-order valence-corrected chi connectivity index (χ0v) is 8.69. The standard InChI is InChI=1S/C12H13NO2/c1-2-3-4-10-7-9-5-6-13-8-11(9)12(14)15-10/h5-8H,2-4H2,1H3. The summed E-state index contributed by atoms with van der Waals surface area (Å²) in [5.41, 5.74) is -0.285. The van der Waals surface area contributed by atoms with Crippen LogP contribution in [0.1, 0.15) is 25.5 Å². The molecule has 0 aromatic carbocycles. The molecule has 0 atom stereocenters. The summed E-state index contributed by atoms with van der Waals surface area (Å²) in [6.07, 6.45) is 6.19. The zero-order chi connectivity index (χ0) is 10.7. The maximum Gasteiger partial charge on any atom is 0.345 e.